The van der Waals surface area contributed by atoms with E-state index in [0.717, 1.165) is 18.5 Å². The highest BCUT2D eigenvalue weighted by molar-refractivity contribution is 5.53. The van der Waals surface area contributed by atoms with Crippen molar-refractivity contribution >= 4 is 11.8 Å². The second kappa shape index (κ2) is 6.31. The van der Waals surface area contributed by atoms with E-state index in [9.17, 15) is 10.1 Å². The predicted octanol–water partition coefficient (Wildman–Crippen LogP) is 3.14. The average molecular weight is 246 g/mol. The molecule has 1 saturated heterocycles. The van der Waals surface area contributed by atoms with Gasteiger partial charge in [-0.15, -0.1) is 0 Å². The Labute approximate surface area is 107 Å². The van der Waals surface area contributed by atoms with Crippen LogP contribution in [0.3, 0.4) is 0 Å². The standard InChI is InChI=1S/C14H18N2O2/c17-16(18)14-7-4-5-12(11-14)8-9-13-6-2-1-3-10-15-13/h4-5,7-9,11,13,15H,1-3,6,10H2/b9-8+. The van der Waals surface area contributed by atoms with Crippen LogP contribution >= 0.6 is 0 Å². The van der Waals surface area contributed by atoms with Gasteiger partial charge in [0.15, 0.2) is 0 Å². The van der Waals surface area contributed by atoms with Gasteiger partial charge in [0.05, 0.1) is 4.92 Å². The van der Waals surface area contributed by atoms with Crippen LogP contribution in [0.1, 0.15) is 31.2 Å². The first-order valence-electron chi connectivity index (χ1n) is 6.42. The zero-order valence-electron chi connectivity index (χ0n) is 10.3. The van der Waals surface area contributed by atoms with Gasteiger partial charge < -0.3 is 5.32 Å². The molecule has 0 saturated carbocycles. The summed E-state index contributed by atoms with van der Waals surface area (Å²) in [6.45, 7) is 1.06. The van der Waals surface area contributed by atoms with Crippen molar-refractivity contribution in [1.29, 1.82) is 0 Å². The summed E-state index contributed by atoms with van der Waals surface area (Å²) in [6, 6.07) is 7.12. The van der Waals surface area contributed by atoms with Gasteiger partial charge in [0.25, 0.3) is 5.69 Å². The molecule has 4 heteroatoms. The SMILES string of the molecule is O=[N+]([O-])c1cccc(/C=C/C2CCCCCN2)c1. The third kappa shape index (κ3) is 3.67. The first-order chi connectivity index (χ1) is 8.75. The number of nitro benzene ring substituents is 1. The lowest BCUT2D eigenvalue weighted by atomic mass is 10.1. The van der Waals surface area contributed by atoms with Gasteiger partial charge in [0.2, 0.25) is 0 Å². The van der Waals surface area contributed by atoms with Crippen LogP contribution in [0.15, 0.2) is 30.3 Å². The molecule has 96 valence electrons. The number of hydrogen-bond donors (Lipinski definition) is 1. The van der Waals surface area contributed by atoms with Crippen molar-refractivity contribution in [1.82, 2.24) is 5.32 Å². The second-order valence-electron chi connectivity index (χ2n) is 4.62. The molecule has 1 aromatic carbocycles. The molecular weight excluding hydrogens is 228 g/mol. The number of nitrogens with zero attached hydrogens (tertiary/aromatic N) is 1. The van der Waals surface area contributed by atoms with Crippen LogP contribution in [0.25, 0.3) is 6.08 Å². The van der Waals surface area contributed by atoms with Crippen LogP contribution in [0.2, 0.25) is 0 Å². The molecule has 1 atom stereocenters. The topological polar surface area (TPSA) is 55.2 Å². The van der Waals surface area contributed by atoms with E-state index >= 15 is 0 Å². The Hall–Kier alpha value is -1.68. The highest BCUT2D eigenvalue weighted by atomic mass is 16.6. The fraction of sp³-hybridized carbons (Fsp3) is 0.429. The van der Waals surface area contributed by atoms with Gasteiger partial charge in [-0.1, -0.05) is 37.1 Å². The van der Waals surface area contributed by atoms with Gasteiger partial charge in [-0.2, -0.15) is 0 Å². The van der Waals surface area contributed by atoms with Gasteiger partial charge in [-0.25, -0.2) is 0 Å². The Balaban J connectivity index is 2.03. The minimum Gasteiger partial charge on any atom is -0.311 e. The highest BCUT2D eigenvalue weighted by Crippen LogP contribution is 2.15. The van der Waals surface area contributed by atoms with E-state index in [4.69, 9.17) is 0 Å². The summed E-state index contributed by atoms with van der Waals surface area (Å²) < 4.78 is 0. The zero-order chi connectivity index (χ0) is 12.8. The average Bonchev–Trinajstić information content (AvgIpc) is 2.65. The van der Waals surface area contributed by atoms with Crippen LogP contribution in [0.4, 0.5) is 5.69 Å². The Morgan fingerprint density at radius 1 is 1.33 bits per heavy atom. The van der Waals surface area contributed by atoms with Crippen LogP contribution in [0, 0.1) is 10.1 Å². The summed E-state index contributed by atoms with van der Waals surface area (Å²) >= 11 is 0. The maximum Gasteiger partial charge on any atom is 0.270 e. The molecule has 1 aliphatic heterocycles. The minimum atomic E-state index is -0.360. The quantitative estimate of drug-likeness (QED) is 0.658. The lowest BCUT2D eigenvalue weighted by Crippen LogP contribution is -2.25. The molecule has 4 nitrogen and oxygen atoms in total. The normalized spacial score (nSPS) is 20.8. The van der Waals surface area contributed by atoms with E-state index in [1.165, 1.54) is 25.3 Å². The van der Waals surface area contributed by atoms with Crippen molar-refractivity contribution in [2.45, 2.75) is 31.7 Å². The first kappa shape index (κ1) is 12.8. The molecule has 2 rings (SSSR count). The molecule has 0 radical (unpaired) electrons. The molecule has 1 aliphatic rings. The van der Waals surface area contributed by atoms with Crippen LogP contribution in [0.5, 0.6) is 0 Å². The summed E-state index contributed by atoms with van der Waals surface area (Å²) in [5.41, 5.74) is 1.03. The molecule has 0 aromatic heterocycles. The molecule has 1 heterocycles. The Morgan fingerprint density at radius 3 is 3.06 bits per heavy atom. The summed E-state index contributed by atoms with van der Waals surface area (Å²) in [4.78, 5) is 10.3. The number of hydrogen-bond acceptors (Lipinski definition) is 3. The lowest BCUT2D eigenvalue weighted by molar-refractivity contribution is -0.384. The number of non-ortho nitro benzene ring substituents is 1. The van der Waals surface area contributed by atoms with E-state index < -0.39 is 0 Å². The van der Waals surface area contributed by atoms with Crippen molar-refractivity contribution in [2.75, 3.05) is 6.54 Å². The van der Waals surface area contributed by atoms with Crippen LogP contribution < -0.4 is 5.32 Å². The molecular formula is C14H18N2O2. The molecule has 1 fully saturated rings. The van der Waals surface area contributed by atoms with E-state index in [1.807, 2.05) is 12.1 Å². The zero-order valence-corrected chi connectivity index (χ0v) is 10.3. The lowest BCUT2D eigenvalue weighted by Gasteiger charge is -2.09. The molecule has 18 heavy (non-hydrogen) atoms. The van der Waals surface area contributed by atoms with Crippen molar-refractivity contribution in [3.63, 3.8) is 0 Å². The molecule has 0 bridgehead atoms. The van der Waals surface area contributed by atoms with Crippen molar-refractivity contribution < 1.29 is 4.92 Å². The van der Waals surface area contributed by atoms with E-state index in [2.05, 4.69) is 11.4 Å². The number of nitrogens with one attached hydrogen (secondary N) is 1. The second-order valence-corrected chi connectivity index (χ2v) is 4.62. The Bertz CT molecular complexity index is 435. The maximum absolute atomic E-state index is 10.7. The molecule has 0 amide bonds. The van der Waals surface area contributed by atoms with E-state index in [0.29, 0.717) is 6.04 Å². The largest absolute Gasteiger partial charge is 0.311 e. The Kier molecular flexibility index (Phi) is 4.47. The smallest absolute Gasteiger partial charge is 0.270 e. The van der Waals surface area contributed by atoms with Gasteiger partial charge in [-0.3, -0.25) is 10.1 Å². The first-order valence-corrected chi connectivity index (χ1v) is 6.42. The molecule has 1 aromatic rings. The minimum absolute atomic E-state index is 0.144. The third-order valence-electron chi connectivity index (χ3n) is 3.20. The number of rotatable bonds is 3. The fourth-order valence-electron chi connectivity index (χ4n) is 2.19. The van der Waals surface area contributed by atoms with Crippen molar-refractivity contribution in [3.8, 4) is 0 Å². The Morgan fingerprint density at radius 2 is 2.22 bits per heavy atom. The summed E-state index contributed by atoms with van der Waals surface area (Å²) in [5.74, 6) is 0. The van der Waals surface area contributed by atoms with Crippen LogP contribution in [-0.2, 0) is 0 Å². The highest BCUT2D eigenvalue weighted by Gasteiger charge is 2.08. The third-order valence-corrected chi connectivity index (χ3v) is 3.20. The predicted molar refractivity (Wildman–Crippen MR) is 72.4 cm³/mol. The van der Waals surface area contributed by atoms with E-state index in [-0.39, 0.29) is 10.6 Å². The summed E-state index contributed by atoms with van der Waals surface area (Å²) in [7, 11) is 0. The fourth-order valence-corrected chi connectivity index (χ4v) is 2.19. The van der Waals surface area contributed by atoms with Crippen molar-refractivity contribution in [2.24, 2.45) is 0 Å². The van der Waals surface area contributed by atoms with Gasteiger partial charge >= 0.3 is 0 Å². The molecule has 1 unspecified atom stereocenters. The molecule has 0 aliphatic carbocycles. The van der Waals surface area contributed by atoms with Crippen LogP contribution in [-0.4, -0.2) is 17.5 Å². The van der Waals surface area contributed by atoms with Gasteiger partial charge in [0.1, 0.15) is 0 Å². The van der Waals surface area contributed by atoms with Gasteiger partial charge in [-0.05, 0) is 24.9 Å². The van der Waals surface area contributed by atoms with Crippen molar-refractivity contribution in [3.05, 3.63) is 46.0 Å². The summed E-state index contributed by atoms with van der Waals surface area (Å²) in [5, 5.41) is 14.1. The van der Waals surface area contributed by atoms with Gasteiger partial charge in [0, 0.05) is 18.2 Å². The number of nitro groups is 1. The maximum atomic E-state index is 10.7. The monoisotopic (exact) mass is 246 g/mol. The number of benzene rings is 1. The molecule has 0 spiro atoms. The van der Waals surface area contributed by atoms with E-state index in [1.54, 1.807) is 12.1 Å². The summed E-state index contributed by atoms with van der Waals surface area (Å²) in [6.07, 6.45) is 9.00. The molecule has 1 N–H and O–H groups in total.